The molecule has 1 aliphatic heterocycles. The fraction of sp³-hybridized carbons (Fsp3) is 0.625. The third kappa shape index (κ3) is 4.95. The van der Waals surface area contributed by atoms with Crippen molar-refractivity contribution in [2.45, 2.75) is 51.0 Å². The molecule has 0 bridgehead atoms. The molecule has 126 valence electrons. The molecule has 1 heterocycles. The first-order valence-electron chi connectivity index (χ1n) is 7.74. The molecule has 0 spiro atoms. The molecule has 22 heavy (non-hydrogen) atoms. The Kier molecular flexibility index (Phi) is 7.32. The van der Waals surface area contributed by atoms with Crippen LogP contribution in [0.4, 0.5) is 0 Å². The molecule has 1 aliphatic rings. The van der Waals surface area contributed by atoms with Crippen molar-refractivity contribution in [3.63, 3.8) is 0 Å². The number of aryl methyl sites for hydroxylation is 2. The van der Waals surface area contributed by atoms with Crippen LogP contribution in [0.3, 0.4) is 0 Å². The van der Waals surface area contributed by atoms with Crippen LogP contribution in [0, 0.1) is 13.8 Å². The number of sulfonamides is 1. The fourth-order valence-electron chi connectivity index (χ4n) is 2.76. The standard InChI is InChI=1S/C16H26N2O2S.ClH/c1-4-9-18-10-7-15(8-11-18)17-21(19,20)16-6-5-13(2)14(3)12-16;/h5-6,12,15,17H,4,7-11H2,1-3H3;1H. The maximum Gasteiger partial charge on any atom is 0.240 e. The van der Waals surface area contributed by atoms with Crippen LogP contribution in [0.5, 0.6) is 0 Å². The third-order valence-corrected chi connectivity index (χ3v) is 5.76. The van der Waals surface area contributed by atoms with Crippen LogP contribution in [-0.4, -0.2) is 39.0 Å². The number of nitrogens with one attached hydrogen (secondary N) is 1. The minimum Gasteiger partial charge on any atom is -0.303 e. The normalized spacial score (nSPS) is 17.2. The summed E-state index contributed by atoms with van der Waals surface area (Å²) >= 11 is 0. The quantitative estimate of drug-likeness (QED) is 0.891. The zero-order valence-corrected chi connectivity index (χ0v) is 15.3. The van der Waals surface area contributed by atoms with E-state index in [1.54, 1.807) is 12.1 Å². The van der Waals surface area contributed by atoms with E-state index in [1.807, 2.05) is 19.9 Å². The molecular formula is C16H27ClN2O2S. The third-order valence-electron chi connectivity index (χ3n) is 4.24. The van der Waals surface area contributed by atoms with Gasteiger partial charge in [-0.25, -0.2) is 13.1 Å². The van der Waals surface area contributed by atoms with Gasteiger partial charge in [-0.15, -0.1) is 12.4 Å². The van der Waals surface area contributed by atoms with Crippen molar-refractivity contribution in [1.82, 2.24) is 9.62 Å². The number of benzene rings is 1. The van der Waals surface area contributed by atoms with Crippen molar-refractivity contribution in [3.8, 4) is 0 Å². The molecule has 0 unspecified atom stereocenters. The van der Waals surface area contributed by atoms with Gasteiger partial charge in [-0.3, -0.25) is 0 Å². The second-order valence-electron chi connectivity index (χ2n) is 5.98. The van der Waals surface area contributed by atoms with Gasteiger partial charge in [-0.1, -0.05) is 13.0 Å². The van der Waals surface area contributed by atoms with Crippen molar-refractivity contribution in [2.24, 2.45) is 0 Å². The number of nitrogens with zero attached hydrogens (tertiary/aromatic N) is 1. The van der Waals surface area contributed by atoms with Crippen LogP contribution >= 0.6 is 12.4 Å². The van der Waals surface area contributed by atoms with Gasteiger partial charge in [-0.05, 0) is 76.0 Å². The molecule has 1 saturated heterocycles. The van der Waals surface area contributed by atoms with E-state index in [4.69, 9.17) is 0 Å². The molecule has 0 amide bonds. The van der Waals surface area contributed by atoms with Crippen molar-refractivity contribution in [3.05, 3.63) is 29.3 Å². The van der Waals surface area contributed by atoms with E-state index >= 15 is 0 Å². The molecular weight excluding hydrogens is 320 g/mol. The summed E-state index contributed by atoms with van der Waals surface area (Å²) in [6.07, 6.45) is 2.94. The van der Waals surface area contributed by atoms with Crippen molar-refractivity contribution in [1.29, 1.82) is 0 Å². The van der Waals surface area contributed by atoms with Crippen molar-refractivity contribution in [2.75, 3.05) is 19.6 Å². The summed E-state index contributed by atoms with van der Waals surface area (Å²) < 4.78 is 27.8. The Morgan fingerprint density at radius 1 is 1.18 bits per heavy atom. The zero-order valence-electron chi connectivity index (χ0n) is 13.6. The number of piperidine rings is 1. The molecule has 1 aromatic rings. The van der Waals surface area contributed by atoms with Crippen molar-refractivity contribution < 1.29 is 8.42 Å². The molecule has 0 atom stereocenters. The first kappa shape index (κ1) is 19.4. The smallest absolute Gasteiger partial charge is 0.240 e. The lowest BCUT2D eigenvalue weighted by atomic mass is 10.1. The van der Waals surface area contributed by atoms with Crippen LogP contribution < -0.4 is 4.72 Å². The van der Waals surface area contributed by atoms with Crippen LogP contribution in [0.15, 0.2) is 23.1 Å². The van der Waals surface area contributed by atoms with E-state index in [0.717, 1.165) is 50.0 Å². The van der Waals surface area contributed by atoms with Gasteiger partial charge in [0.25, 0.3) is 0 Å². The van der Waals surface area contributed by atoms with Crippen LogP contribution in [0.25, 0.3) is 0 Å². The highest BCUT2D eigenvalue weighted by molar-refractivity contribution is 7.89. The molecule has 0 saturated carbocycles. The Labute approximate surface area is 140 Å². The summed E-state index contributed by atoms with van der Waals surface area (Å²) in [6.45, 7) is 9.17. The molecule has 0 aliphatic carbocycles. The van der Waals surface area contributed by atoms with E-state index in [9.17, 15) is 8.42 Å². The molecule has 1 fully saturated rings. The van der Waals surface area contributed by atoms with E-state index in [-0.39, 0.29) is 18.4 Å². The maximum absolute atomic E-state index is 12.4. The number of halogens is 1. The molecule has 4 nitrogen and oxygen atoms in total. The average Bonchev–Trinajstić information content (AvgIpc) is 2.44. The topological polar surface area (TPSA) is 49.4 Å². The largest absolute Gasteiger partial charge is 0.303 e. The highest BCUT2D eigenvalue weighted by atomic mass is 35.5. The van der Waals surface area contributed by atoms with Gasteiger partial charge in [0.05, 0.1) is 4.90 Å². The van der Waals surface area contributed by atoms with Gasteiger partial charge < -0.3 is 4.90 Å². The summed E-state index contributed by atoms with van der Waals surface area (Å²) in [5.41, 5.74) is 2.12. The summed E-state index contributed by atoms with van der Waals surface area (Å²) in [5, 5.41) is 0. The Morgan fingerprint density at radius 3 is 2.36 bits per heavy atom. The van der Waals surface area contributed by atoms with E-state index in [2.05, 4.69) is 16.5 Å². The predicted octanol–water partition coefficient (Wildman–Crippen LogP) is 2.88. The summed E-state index contributed by atoms with van der Waals surface area (Å²) in [4.78, 5) is 2.78. The van der Waals surface area contributed by atoms with E-state index in [1.165, 1.54) is 0 Å². The van der Waals surface area contributed by atoms with E-state index in [0.29, 0.717) is 4.90 Å². The first-order valence-corrected chi connectivity index (χ1v) is 9.22. The minimum atomic E-state index is -3.40. The molecule has 0 radical (unpaired) electrons. The zero-order chi connectivity index (χ0) is 15.5. The monoisotopic (exact) mass is 346 g/mol. The lowest BCUT2D eigenvalue weighted by Gasteiger charge is -2.31. The van der Waals surface area contributed by atoms with Gasteiger partial charge in [0.1, 0.15) is 0 Å². The van der Waals surface area contributed by atoms with Gasteiger partial charge in [-0.2, -0.15) is 0 Å². The SMILES string of the molecule is CCCN1CCC(NS(=O)(=O)c2ccc(C)c(C)c2)CC1.Cl. The lowest BCUT2D eigenvalue weighted by Crippen LogP contribution is -2.44. The van der Waals surface area contributed by atoms with Crippen LogP contribution in [-0.2, 0) is 10.0 Å². The Bertz CT molecular complexity index is 582. The molecule has 1 N–H and O–H groups in total. The number of hydrogen-bond acceptors (Lipinski definition) is 3. The fourth-order valence-corrected chi connectivity index (χ4v) is 4.15. The summed E-state index contributed by atoms with van der Waals surface area (Å²) in [5.74, 6) is 0. The average molecular weight is 347 g/mol. The highest BCUT2D eigenvalue weighted by Gasteiger charge is 2.24. The van der Waals surface area contributed by atoms with Gasteiger partial charge in [0.15, 0.2) is 0 Å². The number of rotatable bonds is 5. The lowest BCUT2D eigenvalue weighted by molar-refractivity contribution is 0.208. The number of hydrogen-bond donors (Lipinski definition) is 1. The second kappa shape index (κ2) is 8.29. The maximum atomic E-state index is 12.4. The Morgan fingerprint density at radius 2 is 1.82 bits per heavy atom. The van der Waals surface area contributed by atoms with Crippen LogP contribution in [0.1, 0.15) is 37.3 Å². The molecule has 6 heteroatoms. The predicted molar refractivity (Wildman–Crippen MR) is 93.2 cm³/mol. The Balaban J connectivity index is 0.00000242. The van der Waals surface area contributed by atoms with Crippen LogP contribution in [0.2, 0.25) is 0 Å². The summed E-state index contributed by atoms with van der Waals surface area (Å²) in [6, 6.07) is 5.37. The van der Waals surface area contributed by atoms with Crippen molar-refractivity contribution >= 4 is 22.4 Å². The second-order valence-corrected chi connectivity index (χ2v) is 7.70. The molecule has 0 aromatic heterocycles. The summed E-state index contributed by atoms with van der Waals surface area (Å²) in [7, 11) is -3.40. The first-order chi connectivity index (χ1) is 9.92. The molecule has 1 aromatic carbocycles. The Hall–Kier alpha value is -0.620. The van der Waals surface area contributed by atoms with Gasteiger partial charge in [0.2, 0.25) is 10.0 Å². The molecule has 2 rings (SSSR count). The minimum absolute atomic E-state index is 0. The van der Waals surface area contributed by atoms with E-state index < -0.39 is 10.0 Å². The van der Waals surface area contributed by atoms with Gasteiger partial charge >= 0.3 is 0 Å². The number of likely N-dealkylation sites (tertiary alicyclic amines) is 1. The van der Waals surface area contributed by atoms with Gasteiger partial charge in [0, 0.05) is 6.04 Å². The highest BCUT2D eigenvalue weighted by Crippen LogP contribution is 2.17.